The average molecular weight is 354 g/mol. The van der Waals surface area contributed by atoms with Crippen molar-refractivity contribution in [3.05, 3.63) is 21.0 Å². The van der Waals surface area contributed by atoms with Gasteiger partial charge in [-0.2, -0.15) is 18.3 Å². The van der Waals surface area contributed by atoms with Crippen LogP contribution in [0.2, 0.25) is 0 Å². The average Bonchev–Trinajstić information content (AvgIpc) is 3.09. The van der Waals surface area contributed by atoms with Gasteiger partial charge in [0.2, 0.25) is 0 Å². The first-order valence-electron chi connectivity index (χ1n) is 6.27. The van der Waals surface area contributed by atoms with Crippen molar-refractivity contribution in [2.45, 2.75) is 44.9 Å². The van der Waals surface area contributed by atoms with Crippen LogP contribution in [0.5, 0.6) is 0 Å². The second kappa shape index (κ2) is 5.05. The van der Waals surface area contributed by atoms with Gasteiger partial charge in [0.05, 0.1) is 11.9 Å². The molecule has 0 atom stereocenters. The third-order valence-corrected chi connectivity index (χ3v) is 3.96. The highest BCUT2D eigenvalue weighted by molar-refractivity contribution is 9.10. The van der Waals surface area contributed by atoms with E-state index in [0.717, 1.165) is 0 Å². The quantitative estimate of drug-likeness (QED) is 0.904. The van der Waals surface area contributed by atoms with Gasteiger partial charge in [-0.05, 0) is 34.7 Å². The summed E-state index contributed by atoms with van der Waals surface area (Å²) in [4.78, 5) is 12.0. The first-order valence-corrected chi connectivity index (χ1v) is 7.06. The Bertz CT molecular complexity index is 564. The van der Waals surface area contributed by atoms with Crippen molar-refractivity contribution in [2.75, 3.05) is 5.32 Å². The highest BCUT2D eigenvalue weighted by Gasteiger charge is 2.63. The minimum absolute atomic E-state index is 0.0119. The lowest BCUT2D eigenvalue weighted by Crippen LogP contribution is -2.39. The molecule has 1 heterocycles. The van der Waals surface area contributed by atoms with Crippen LogP contribution in [0.1, 0.15) is 26.7 Å². The molecule has 1 aliphatic rings. The van der Waals surface area contributed by atoms with Gasteiger partial charge < -0.3 is 5.32 Å². The van der Waals surface area contributed by atoms with Crippen molar-refractivity contribution in [1.82, 2.24) is 9.78 Å². The lowest BCUT2D eigenvalue weighted by Gasteiger charge is -2.22. The van der Waals surface area contributed by atoms with Crippen molar-refractivity contribution < 1.29 is 13.2 Å². The molecule has 0 aliphatic heterocycles. The second-order valence-electron chi connectivity index (χ2n) is 5.46. The van der Waals surface area contributed by atoms with Gasteiger partial charge >= 0.3 is 6.18 Å². The van der Waals surface area contributed by atoms with Gasteiger partial charge in [-0.15, -0.1) is 0 Å². The molecule has 0 spiro atoms. The third-order valence-electron chi connectivity index (χ3n) is 3.19. The predicted molar refractivity (Wildman–Crippen MR) is 72.7 cm³/mol. The minimum atomic E-state index is -4.33. The van der Waals surface area contributed by atoms with Gasteiger partial charge in [0.25, 0.3) is 5.56 Å². The largest absolute Gasteiger partial charge is 0.411 e. The van der Waals surface area contributed by atoms with Gasteiger partial charge in [-0.1, -0.05) is 13.8 Å². The summed E-state index contributed by atoms with van der Waals surface area (Å²) < 4.78 is 40.0. The number of aromatic nitrogens is 2. The summed E-state index contributed by atoms with van der Waals surface area (Å²) in [6, 6.07) is 0. The molecule has 1 aromatic rings. The van der Waals surface area contributed by atoms with Crippen LogP contribution in [0.15, 0.2) is 15.5 Å². The molecule has 1 aliphatic carbocycles. The molecule has 20 heavy (non-hydrogen) atoms. The molecule has 1 fully saturated rings. The van der Waals surface area contributed by atoms with Crippen LogP contribution >= 0.6 is 15.9 Å². The molecular formula is C12H15BrF3N3O. The monoisotopic (exact) mass is 353 g/mol. The number of alkyl halides is 3. The SMILES string of the molecule is CC(C)Cn1ncc(NC2(C(F)(F)F)CC2)c(Br)c1=O. The Hall–Kier alpha value is -1.05. The van der Waals surface area contributed by atoms with Gasteiger partial charge in [0.1, 0.15) is 10.0 Å². The summed E-state index contributed by atoms with van der Waals surface area (Å²) in [7, 11) is 0. The van der Waals surface area contributed by atoms with E-state index in [1.165, 1.54) is 10.9 Å². The van der Waals surface area contributed by atoms with Gasteiger partial charge in [-0.3, -0.25) is 4.79 Å². The van der Waals surface area contributed by atoms with E-state index in [9.17, 15) is 18.0 Å². The molecule has 0 unspecified atom stereocenters. The maximum Gasteiger partial charge on any atom is 0.411 e. The van der Waals surface area contributed by atoms with Crippen LogP contribution in [-0.2, 0) is 6.54 Å². The predicted octanol–water partition coefficient (Wildman–Crippen LogP) is 3.17. The van der Waals surface area contributed by atoms with E-state index in [1.54, 1.807) is 0 Å². The fraction of sp³-hybridized carbons (Fsp3) is 0.667. The Morgan fingerprint density at radius 2 is 2.10 bits per heavy atom. The number of hydrogen-bond acceptors (Lipinski definition) is 3. The Morgan fingerprint density at radius 3 is 2.55 bits per heavy atom. The maximum absolute atomic E-state index is 12.9. The van der Waals surface area contributed by atoms with Crippen molar-refractivity contribution in [3.8, 4) is 0 Å². The molecule has 1 aromatic heterocycles. The molecule has 0 saturated heterocycles. The van der Waals surface area contributed by atoms with E-state index in [2.05, 4.69) is 26.3 Å². The molecule has 4 nitrogen and oxygen atoms in total. The summed E-state index contributed by atoms with van der Waals surface area (Å²) in [6.45, 7) is 4.27. The zero-order valence-corrected chi connectivity index (χ0v) is 12.7. The lowest BCUT2D eigenvalue weighted by molar-refractivity contribution is -0.151. The van der Waals surface area contributed by atoms with E-state index in [1.807, 2.05) is 13.8 Å². The standard InChI is InChI=1S/C12H15BrF3N3O/c1-7(2)6-19-10(20)9(13)8(5-17-19)18-11(3-4-11)12(14,15)16/h5,7,18H,3-4,6H2,1-2H3. The molecular weight excluding hydrogens is 339 g/mol. The van der Waals surface area contributed by atoms with Crippen LogP contribution < -0.4 is 10.9 Å². The van der Waals surface area contributed by atoms with Crippen LogP contribution in [0.4, 0.5) is 18.9 Å². The first-order chi connectivity index (χ1) is 9.16. The number of anilines is 1. The van der Waals surface area contributed by atoms with Crippen LogP contribution in [-0.4, -0.2) is 21.5 Å². The highest BCUT2D eigenvalue weighted by Crippen LogP contribution is 2.51. The first kappa shape index (κ1) is 15.3. The Morgan fingerprint density at radius 1 is 1.50 bits per heavy atom. The van der Waals surface area contributed by atoms with E-state index >= 15 is 0 Å². The zero-order valence-electron chi connectivity index (χ0n) is 11.1. The van der Waals surface area contributed by atoms with Crippen LogP contribution in [0.3, 0.4) is 0 Å². The van der Waals surface area contributed by atoms with E-state index in [-0.39, 0.29) is 28.9 Å². The van der Waals surface area contributed by atoms with E-state index < -0.39 is 17.3 Å². The summed E-state index contributed by atoms with van der Waals surface area (Å²) in [6.07, 6.45) is -3.05. The fourth-order valence-corrected chi connectivity index (χ4v) is 2.30. The van der Waals surface area contributed by atoms with Gasteiger partial charge in [-0.25, -0.2) is 4.68 Å². The smallest absolute Gasteiger partial charge is 0.369 e. The molecule has 8 heteroatoms. The molecule has 1 saturated carbocycles. The summed E-state index contributed by atoms with van der Waals surface area (Å²) >= 11 is 3.06. The third kappa shape index (κ3) is 2.84. The molecule has 1 N–H and O–H groups in total. The number of nitrogens with zero attached hydrogens (tertiary/aromatic N) is 2. The molecule has 0 amide bonds. The van der Waals surface area contributed by atoms with Gasteiger partial charge in [0.15, 0.2) is 0 Å². The Kier molecular flexibility index (Phi) is 3.88. The van der Waals surface area contributed by atoms with Crippen molar-refractivity contribution in [3.63, 3.8) is 0 Å². The topological polar surface area (TPSA) is 46.9 Å². The number of nitrogens with one attached hydrogen (secondary N) is 1. The molecule has 112 valence electrons. The molecule has 0 aromatic carbocycles. The lowest BCUT2D eigenvalue weighted by atomic mass is 10.2. The highest BCUT2D eigenvalue weighted by atomic mass is 79.9. The van der Waals surface area contributed by atoms with Gasteiger partial charge in [0, 0.05) is 6.54 Å². The van der Waals surface area contributed by atoms with Crippen molar-refractivity contribution in [2.24, 2.45) is 5.92 Å². The summed E-state index contributed by atoms with van der Waals surface area (Å²) in [5, 5.41) is 6.33. The zero-order chi connectivity index (χ0) is 15.1. The second-order valence-corrected chi connectivity index (χ2v) is 6.25. The normalized spacial score (nSPS) is 17.4. The van der Waals surface area contributed by atoms with E-state index in [4.69, 9.17) is 0 Å². The van der Waals surface area contributed by atoms with Crippen LogP contribution in [0.25, 0.3) is 0 Å². The Labute approximate surface area is 122 Å². The molecule has 0 bridgehead atoms. The fourth-order valence-electron chi connectivity index (χ4n) is 1.89. The molecule has 2 rings (SSSR count). The summed E-state index contributed by atoms with van der Waals surface area (Å²) in [5.41, 5.74) is -2.25. The molecule has 0 radical (unpaired) electrons. The Balaban J connectivity index is 2.27. The number of halogens is 4. The number of hydrogen-bond donors (Lipinski definition) is 1. The van der Waals surface area contributed by atoms with Crippen molar-refractivity contribution in [1.29, 1.82) is 0 Å². The van der Waals surface area contributed by atoms with E-state index in [0.29, 0.717) is 6.54 Å². The minimum Gasteiger partial charge on any atom is -0.369 e. The van der Waals surface area contributed by atoms with Crippen LogP contribution in [0, 0.1) is 5.92 Å². The van der Waals surface area contributed by atoms with Crippen molar-refractivity contribution >= 4 is 21.6 Å². The number of rotatable bonds is 4. The maximum atomic E-state index is 12.9. The summed E-state index contributed by atoms with van der Waals surface area (Å²) in [5.74, 6) is 0.218.